The van der Waals surface area contributed by atoms with Crippen molar-refractivity contribution in [2.75, 3.05) is 19.5 Å². The van der Waals surface area contributed by atoms with Gasteiger partial charge in [-0.3, -0.25) is 0 Å². The third kappa shape index (κ3) is 2.44. The Hall–Kier alpha value is -2.16. The summed E-state index contributed by atoms with van der Waals surface area (Å²) in [6, 6.07) is 14.9. The first-order chi connectivity index (χ1) is 9.80. The standard InChI is InChI=1S/C17H19NO2/c1-19-15-7-8-17(20-2)16(11-15)18-14-9-12-5-3-4-6-13(12)10-14/h3-8,11,14,18H,9-10H2,1-2H3. The van der Waals surface area contributed by atoms with Crippen molar-refractivity contribution in [3.05, 3.63) is 53.6 Å². The molecular weight excluding hydrogens is 250 g/mol. The van der Waals surface area contributed by atoms with E-state index in [9.17, 15) is 0 Å². The molecule has 3 heteroatoms. The molecular formula is C17H19NO2. The zero-order valence-corrected chi connectivity index (χ0v) is 11.8. The summed E-state index contributed by atoms with van der Waals surface area (Å²) in [5.74, 6) is 1.69. The molecule has 2 aromatic rings. The van der Waals surface area contributed by atoms with Crippen LogP contribution in [0.1, 0.15) is 11.1 Å². The maximum Gasteiger partial charge on any atom is 0.142 e. The summed E-state index contributed by atoms with van der Waals surface area (Å²) in [4.78, 5) is 0. The zero-order chi connectivity index (χ0) is 13.9. The highest BCUT2D eigenvalue weighted by molar-refractivity contribution is 5.61. The fourth-order valence-electron chi connectivity index (χ4n) is 2.81. The number of nitrogens with one attached hydrogen (secondary N) is 1. The maximum atomic E-state index is 5.41. The third-order valence-electron chi connectivity index (χ3n) is 3.82. The fourth-order valence-corrected chi connectivity index (χ4v) is 2.81. The van der Waals surface area contributed by atoms with Gasteiger partial charge in [-0.15, -0.1) is 0 Å². The lowest BCUT2D eigenvalue weighted by Crippen LogP contribution is -2.19. The highest BCUT2D eigenvalue weighted by Crippen LogP contribution is 2.32. The van der Waals surface area contributed by atoms with Crippen molar-refractivity contribution in [3.8, 4) is 11.5 Å². The van der Waals surface area contributed by atoms with Crippen molar-refractivity contribution < 1.29 is 9.47 Å². The van der Waals surface area contributed by atoms with Crippen LogP contribution in [0.4, 0.5) is 5.69 Å². The van der Waals surface area contributed by atoms with E-state index in [-0.39, 0.29) is 0 Å². The molecule has 0 aromatic heterocycles. The Bertz CT molecular complexity index is 585. The molecule has 1 aliphatic rings. The van der Waals surface area contributed by atoms with Crippen LogP contribution in [-0.4, -0.2) is 20.3 Å². The average Bonchev–Trinajstić information content (AvgIpc) is 2.89. The normalized spacial score (nSPS) is 13.9. The Kier molecular flexibility index (Phi) is 3.50. The molecule has 0 aliphatic heterocycles. The Labute approximate surface area is 119 Å². The molecule has 0 fully saturated rings. The lowest BCUT2D eigenvalue weighted by Gasteiger charge is -2.17. The van der Waals surface area contributed by atoms with E-state index in [1.807, 2.05) is 18.2 Å². The molecule has 20 heavy (non-hydrogen) atoms. The van der Waals surface area contributed by atoms with E-state index in [0.29, 0.717) is 6.04 Å². The third-order valence-corrected chi connectivity index (χ3v) is 3.82. The molecule has 0 saturated carbocycles. The maximum absolute atomic E-state index is 5.41. The smallest absolute Gasteiger partial charge is 0.142 e. The number of benzene rings is 2. The van der Waals surface area contributed by atoms with Gasteiger partial charge in [0.2, 0.25) is 0 Å². The Balaban J connectivity index is 1.79. The summed E-state index contributed by atoms with van der Waals surface area (Å²) in [7, 11) is 3.37. The van der Waals surface area contributed by atoms with Crippen LogP contribution in [0.15, 0.2) is 42.5 Å². The first-order valence-electron chi connectivity index (χ1n) is 6.85. The van der Waals surface area contributed by atoms with Crippen molar-refractivity contribution >= 4 is 5.69 Å². The van der Waals surface area contributed by atoms with Crippen molar-refractivity contribution in [3.63, 3.8) is 0 Å². The number of rotatable bonds is 4. The van der Waals surface area contributed by atoms with Gasteiger partial charge in [0, 0.05) is 12.1 Å². The molecule has 0 unspecified atom stereocenters. The number of hydrogen-bond donors (Lipinski definition) is 1. The van der Waals surface area contributed by atoms with Crippen LogP contribution >= 0.6 is 0 Å². The molecule has 0 heterocycles. The van der Waals surface area contributed by atoms with Crippen molar-refractivity contribution in [2.45, 2.75) is 18.9 Å². The fraction of sp³-hybridized carbons (Fsp3) is 0.294. The predicted molar refractivity (Wildman–Crippen MR) is 80.8 cm³/mol. The quantitative estimate of drug-likeness (QED) is 0.924. The molecule has 0 atom stereocenters. The summed E-state index contributed by atoms with van der Waals surface area (Å²) in [6.07, 6.45) is 2.10. The van der Waals surface area contributed by atoms with Crippen LogP contribution < -0.4 is 14.8 Å². The molecule has 3 rings (SSSR count). The summed E-state index contributed by atoms with van der Waals surface area (Å²) in [6.45, 7) is 0. The van der Waals surface area contributed by atoms with E-state index in [1.54, 1.807) is 14.2 Å². The Morgan fingerprint density at radius 1 is 0.950 bits per heavy atom. The van der Waals surface area contributed by atoms with E-state index < -0.39 is 0 Å². The van der Waals surface area contributed by atoms with Gasteiger partial charge in [-0.1, -0.05) is 24.3 Å². The molecule has 3 nitrogen and oxygen atoms in total. The molecule has 0 spiro atoms. The number of hydrogen-bond acceptors (Lipinski definition) is 3. The molecule has 2 aromatic carbocycles. The molecule has 0 radical (unpaired) electrons. The van der Waals surface area contributed by atoms with Crippen LogP contribution in [0.5, 0.6) is 11.5 Å². The lowest BCUT2D eigenvalue weighted by molar-refractivity contribution is 0.404. The number of fused-ring (bicyclic) bond motifs is 1. The van der Waals surface area contributed by atoms with Crippen molar-refractivity contribution in [1.29, 1.82) is 0 Å². The molecule has 1 N–H and O–H groups in total. The van der Waals surface area contributed by atoms with Gasteiger partial charge < -0.3 is 14.8 Å². The lowest BCUT2D eigenvalue weighted by atomic mass is 10.1. The number of anilines is 1. The van der Waals surface area contributed by atoms with Crippen LogP contribution in [0.25, 0.3) is 0 Å². The van der Waals surface area contributed by atoms with Crippen molar-refractivity contribution in [1.82, 2.24) is 0 Å². The summed E-state index contributed by atoms with van der Waals surface area (Å²) in [5, 5.41) is 3.58. The van der Waals surface area contributed by atoms with E-state index in [2.05, 4.69) is 29.6 Å². The van der Waals surface area contributed by atoms with Gasteiger partial charge in [0.25, 0.3) is 0 Å². The van der Waals surface area contributed by atoms with Crippen LogP contribution in [-0.2, 0) is 12.8 Å². The minimum absolute atomic E-state index is 0.411. The highest BCUT2D eigenvalue weighted by Gasteiger charge is 2.21. The second kappa shape index (κ2) is 5.45. The minimum atomic E-state index is 0.411. The summed E-state index contributed by atoms with van der Waals surface area (Å²) in [5.41, 5.74) is 3.86. The van der Waals surface area contributed by atoms with Gasteiger partial charge in [-0.05, 0) is 36.1 Å². The number of methoxy groups -OCH3 is 2. The minimum Gasteiger partial charge on any atom is -0.497 e. The number of ether oxygens (including phenoxy) is 2. The van der Waals surface area contributed by atoms with Gasteiger partial charge in [-0.25, -0.2) is 0 Å². The molecule has 0 amide bonds. The second-order valence-corrected chi connectivity index (χ2v) is 5.08. The summed E-state index contributed by atoms with van der Waals surface area (Å²) >= 11 is 0. The van der Waals surface area contributed by atoms with Crippen LogP contribution in [0, 0.1) is 0 Å². The van der Waals surface area contributed by atoms with Crippen LogP contribution in [0.3, 0.4) is 0 Å². The average molecular weight is 269 g/mol. The molecule has 104 valence electrons. The Morgan fingerprint density at radius 3 is 2.25 bits per heavy atom. The van der Waals surface area contributed by atoms with Gasteiger partial charge in [0.1, 0.15) is 11.5 Å². The highest BCUT2D eigenvalue weighted by atomic mass is 16.5. The van der Waals surface area contributed by atoms with E-state index in [1.165, 1.54) is 11.1 Å². The molecule has 1 aliphatic carbocycles. The topological polar surface area (TPSA) is 30.5 Å². The monoisotopic (exact) mass is 269 g/mol. The predicted octanol–water partition coefficient (Wildman–Crippen LogP) is 3.28. The first kappa shape index (κ1) is 12.9. The van der Waals surface area contributed by atoms with Crippen LogP contribution in [0.2, 0.25) is 0 Å². The summed E-state index contributed by atoms with van der Waals surface area (Å²) < 4.78 is 10.7. The SMILES string of the molecule is COc1ccc(OC)c(NC2Cc3ccccc3C2)c1. The van der Waals surface area contributed by atoms with E-state index in [4.69, 9.17) is 9.47 Å². The Morgan fingerprint density at radius 2 is 1.65 bits per heavy atom. The van der Waals surface area contributed by atoms with Gasteiger partial charge in [0.15, 0.2) is 0 Å². The molecule has 0 saturated heterocycles. The second-order valence-electron chi connectivity index (χ2n) is 5.08. The van der Waals surface area contributed by atoms with Gasteiger partial charge in [-0.2, -0.15) is 0 Å². The largest absolute Gasteiger partial charge is 0.497 e. The van der Waals surface area contributed by atoms with E-state index in [0.717, 1.165) is 30.0 Å². The van der Waals surface area contributed by atoms with E-state index >= 15 is 0 Å². The zero-order valence-electron chi connectivity index (χ0n) is 11.8. The van der Waals surface area contributed by atoms with Crippen molar-refractivity contribution in [2.24, 2.45) is 0 Å². The first-order valence-corrected chi connectivity index (χ1v) is 6.85. The van der Waals surface area contributed by atoms with Gasteiger partial charge >= 0.3 is 0 Å². The molecule has 0 bridgehead atoms. The van der Waals surface area contributed by atoms with Gasteiger partial charge in [0.05, 0.1) is 19.9 Å².